The third-order valence-electron chi connectivity index (χ3n) is 4.04. The summed E-state index contributed by atoms with van der Waals surface area (Å²) in [6, 6.07) is 20.9. The molecule has 0 aliphatic carbocycles. The van der Waals surface area contributed by atoms with Gasteiger partial charge in [-0.1, -0.05) is 36.4 Å². The number of hydrogen-bond donors (Lipinski definition) is 2. The number of anilines is 1. The molecule has 24 heavy (non-hydrogen) atoms. The fourth-order valence-electron chi connectivity index (χ4n) is 2.82. The number of imidazole rings is 1. The minimum atomic E-state index is -0.250. The Labute approximate surface area is 139 Å². The topological polar surface area (TPSA) is 40.7 Å². The van der Waals surface area contributed by atoms with E-state index in [4.69, 9.17) is 0 Å². The first-order valence-electron chi connectivity index (χ1n) is 7.80. The number of fused-ring (bicyclic) bond motifs is 1. The number of aromatic nitrogens is 2. The lowest BCUT2D eigenvalue weighted by Gasteiger charge is -2.13. The summed E-state index contributed by atoms with van der Waals surface area (Å²) in [4.78, 5) is 7.35. The average molecular weight is 317 g/mol. The van der Waals surface area contributed by atoms with Crippen LogP contribution in [0.25, 0.3) is 22.2 Å². The molecule has 3 aromatic carbocycles. The van der Waals surface area contributed by atoms with E-state index in [-0.39, 0.29) is 5.82 Å². The van der Waals surface area contributed by atoms with E-state index < -0.39 is 0 Å². The summed E-state index contributed by atoms with van der Waals surface area (Å²) in [6.45, 7) is 0.603. The molecule has 0 aliphatic rings. The van der Waals surface area contributed by atoms with Gasteiger partial charge in [0.25, 0.3) is 0 Å². The van der Waals surface area contributed by atoms with Gasteiger partial charge in [0, 0.05) is 17.8 Å². The number of benzene rings is 3. The van der Waals surface area contributed by atoms with Crippen LogP contribution in [-0.2, 0) is 6.54 Å². The van der Waals surface area contributed by atoms with Crippen molar-refractivity contribution < 1.29 is 4.39 Å². The van der Waals surface area contributed by atoms with E-state index >= 15 is 0 Å². The summed E-state index contributed by atoms with van der Waals surface area (Å²) in [5, 5.41) is 3.35. The van der Waals surface area contributed by atoms with E-state index in [0.717, 1.165) is 33.4 Å². The van der Waals surface area contributed by atoms with E-state index in [1.54, 1.807) is 6.33 Å². The molecule has 0 atom stereocenters. The minimum absolute atomic E-state index is 0.250. The number of H-pyrrole nitrogens is 1. The van der Waals surface area contributed by atoms with Crippen molar-refractivity contribution >= 4 is 16.7 Å². The van der Waals surface area contributed by atoms with Crippen LogP contribution in [0.1, 0.15) is 5.56 Å². The average Bonchev–Trinajstić information content (AvgIpc) is 3.08. The van der Waals surface area contributed by atoms with Gasteiger partial charge in [-0.2, -0.15) is 0 Å². The van der Waals surface area contributed by atoms with E-state index in [1.807, 2.05) is 54.6 Å². The molecular formula is C20H16FN3. The first-order chi connectivity index (χ1) is 11.8. The fraction of sp³-hybridized carbons (Fsp3) is 0.0500. The second-order valence-corrected chi connectivity index (χ2v) is 5.66. The SMILES string of the molecule is Fc1ccc(-c2ccccc2)c(NCc2ccc3[nH]cnc3c2)c1. The Hall–Kier alpha value is -3.14. The molecule has 4 heteroatoms. The van der Waals surface area contributed by atoms with Gasteiger partial charge in [-0.25, -0.2) is 9.37 Å². The fourth-order valence-corrected chi connectivity index (χ4v) is 2.82. The van der Waals surface area contributed by atoms with Gasteiger partial charge in [-0.15, -0.1) is 0 Å². The van der Waals surface area contributed by atoms with E-state index in [1.165, 1.54) is 12.1 Å². The predicted octanol–water partition coefficient (Wildman–Crippen LogP) is 4.98. The summed E-state index contributed by atoms with van der Waals surface area (Å²) < 4.78 is 13.7. The van der Waals surface area contributed by atoms with Crippen LogP contribution in [0, 0.1) is 5.82 Å². The number of hydrogen-bond acceptors (Lipinski definition) is 2. The molecule has 0 unspecified atom stereocenters. The maximum Gasteiger partial charge on any atom is 0.125 e. The quantitative estimate of drug-likeness (QED) is 0.557. The van der Waals surface area contributed by atoms with Gasteiger partial charge in [0.1, 0.15) is 5.82 Å². The molecule has 2 N–H and O–H groups in total. The maximum absolute atomic E-state index is 13.7. The summed E-state index contributed by atoms with van der Waals surface area (Å²) in [5.74, 6) is -0.250. The lowest BCUT2D eigenvalue weighted by atomic mass is 10.0. The summed E-state index contributed by atoms with van der Waals surface area (Å²) in [7, 11) is 0. The molecule has 118 valence electrons. The maximum atomic E-state index is 13.7. The second kappa shape index (κ2) is 6.16. The molecule has 0 bridgehead atoms. The largest absolute Gasteiger partial charge is 0.380 e. The van der Waals surface area contributed by atoms with Gasteiger partial charge in [-0.05, 0) is 41.5 Å². The molecule has 1 heterocycles. The Morgan fingerprint density at radius 2 is 1.83 bits per heavy atom. The zero-order chi connectivity index (χ0) is 16.4. The molecule has 0 amide bonds. The Kier molecular flexibility index (Phi) is 3.71. The van der Waals surface area contributed by atoms with Crippen molar-refractivity contribution in [3.05, 3.63) is 84.4 Å². The minimum Gasteiger partial charge on any atom is -0.380 e. The van der Waals surface area contributed by atoms with Crippen LogP contribution in [-0.4, -0.2) is 9.97 Å². The van der Waals surface area contributed by atoms with Crippen LogP contribution >= 0.6 is 0 Å². The van der Waals surface area contributed by atoms with Gasteiger partial charge in [-0.3, -0.25) is 0 Å². The molecular weight excluding hydrogens is 301 g/mol. The molecule has 4 aromatic rings. The number of rotatable bonds is 4. The molecule has 0 spiro atoms. The highest BCUT2D eigenvalue weighted by Gasteiger charge is 2.07. The zero-order valence-electron chi connectivity index (χ0n) is 13.0. The zero-order valence-corrected chi connectivity index (χ0v) is 13.0. The van der Waals surface area contributed by atoms with E-state index in [0.29, 0.717) is 6.54 Å². The Balaban J connectivity index is 1.62. The van der Waals surface area contributed by atoms with Gasteiger partial charge in [0.15, 0.2) is 0 Å². The van der Waals surface area contributed by atoms with Crippen molar-refractivity contribution in [2.24, 2.45) is 0 Å². The van der Waals surface area contributed by atoms with E-state index in [9.17, 15) is 4.39 Å². The van der Waals surface area contributed by atoms with Crippen LogP contribution in [0.3, 0.4) is 0 Å². The summed E-state index contributed by atoms with van der Waals surface area (Å²) in [6.07, 6.45) is 1.68. The predicted molar refractivity (Wildman–Crippen MR) is 95.3 cm³/mol. The molecule has 1 aromatic heterocycles. The molecule has 0 saturated carbocycles. The van der Waals surface area contributed by atoms with Crippen molar-refractivity contribution in [3.8, 4) is 11.1 Å². The third-order valence-corrected chi connectivity index (χ3v) is 4.04. The lowest BCUT2D eigenvalue weighted by Crippen LogP contribution is -2.01. The van der Waals surface area contributed by atoms with Crippen LogP contribution < -0.4 is 5.32 Å². The number of halogens is 1. The van der Waals surface area contributed by atoms with Crippen LogP contribution in [0.2, 0.25) is 0 Å². The third kappa shape index (κ3) is 2.86. The highest BCUT2D eigenvalue weighted by Crippen LogP contribution is 2.29. The van der Waals surface area contributed by atoms with Crippen molar-refractivity contribution in [1.82, 2.24) is 9.97 Å². The van der Waals surface area contributed by atoms with Gasteiger partial charge >= 0.3 is 0 Å². The highest BCUT2D eigenvalue weighted by atomic mass is 19.1. The number of aromatic amines is 1. The second-order valence-electron chi connectivity index (χ2n) is 5.66. The highest BCUT2D eigenvalue weighted by molar-refractivity contribution is 5.78. The van der Waals surface area contributed by atoms with Crippen LogP contribution in [0.5, 0.6) is 0 Å². The van der Waals surface area contributed by atoms with Crippen molar-refractivity contribution in [2.45, 2.75) is 6.54 Å². The monoisotopic (exact) mass is 317 g/mol. The summed E-state index contributed by atoms with van der Waals surface area (Å²) >= 11 is 0. The standard InChI is InChI=1S/C20H16FN3/c21-16-7-8-17(15-4-2-1-3-5-15)19(11-16)22-12-14-6-9-18-20(10-14)24-13-23-18/h1-11,13,22H,12H2,(H,23,24). The summed E-state index contributed by atoms with van der Waals surface area (Å²) in [5.41, 5.74) is 5.85. The van der Waals surface area contributed by atoms with Crippen molar-refractivity contribution in [2.75, 3.05) is 5.32 Å². The molecule has 0 saturated heterocycles. The molecule has 3 nitrogen and oxygen atoms in total. The molecule has 0 radical (unpaired) electrons. The first kappa shape index (κ1) is 14.5. The first-order valence-corrected chi connectivity index (χ1v) is 7.80. The van der Waals surface area contributed by atoms with Gasteiger partial charge in [0.2, 0.25) is 0 Å². The van der Waals surface area contributed by atoms with Gasteiger partial charge < -0.3 is 10.3 Å². The van der Waals surface area contributed by atoms with E-state index in [2.05, 4.69) is 15.3 Å². The van der Waals surface area contributed by atoms with Crippen LogP contribution in [0.15, 0.2) is 73.1 Å². The smallest absolute Gasteiger partial charge is 0.125 e. The normalized spacial score (nSPS) is 10.9. The van der Waals surface area contributed by atoms with Gasteiger partial charge in [0.05, 0.1) is 17.4 Å². The number of nitrogens with one attached hydrogen (secondary N) is 2. The Bertz CT molecular complexity index is 977. The van der Waals surface area contributed by atoms with Crippen LogP contribution in [0.4, 0.5) is 10.1 Å². The Morgan fingerprint density at radius 3 is 2.71 bits per heavy atom. The lowest BCUT2D eigenvalue weighted by molar-refractivity contribution is 0.628. The molecule has 4 rings (SSSR count). The molecule has 0 fully saturated rings. The molecule has 0 aliphatic heterocycles. The number of nitrogens with zero attached hydrogens (tertiary/aromatic N) is 1. The van der Waals surface area contributed by atoms with Crippen molar-refractivity contribution in [3.63, 3.8) is 0 Å². The van der Waals surface area contributed by atoms with Crippen molar-refractivity contribution in [1.29, 1.82) is 0 Å². The Morgan fingerprint density at radius 1 is 0.958 bits per heavy atom.